The number of nitrogens with one attached hydrogen (secondary N) is 1. The lowest BCUT2D eigenvalue weighted by Crippen LogP contribution is -2.11. The summed E-state index contributed by atoms with van der Waals surface area (Å²) in [4.78, 5) is 25.4. The second-order valence-corrected chi connectivity index (χ2v) is 10.7. The molecule has 1 heterocycles. The number of nitrogens with zero attached hydrogens (tertiary/aromatic N) is 2. The second-order valence-electron chi connectivity index (χ2n) is 10.3. The van der Waals surface area contributed by atoms with Gasteiger partial charge in [-0.3, -0.25) is 9.59 Å². The van der Waals surface area contributed by atoms with Crippen molar-refractivity contribution in [1.29, 1.82) is 0 Å². The van der Waals surface area contributed by atoms with Crippen molar-refractivity contribution < 1.29 is 28.5 Å². The van der Waals surface area contributed by atoms with Crippen LogP contribution in [-0.4, -0.2) is 43.0 Å². The van der Waals surface area contributed by atoms with Crippen LogP contribution in [0.2, 0.25) is 5.02 Å². The predicted molar refractivity (Wildman–Crippen MR) is 174 cm³/mol. The van der Waals surface area contributed by atoms with Crippen LogP contribution in [0, 0.1) is 13.8 Å². The van der Waals surface area contributed by atoms with Crippen LogP contribution in [0.25, 0.3) is 28.1 Å². The van der Waals surface area contributed by atoms with Gasteiger partial charge in [0.1, 0.15) is 5.69 Å². The van der Waals surface area contributed by atoms with E-state index in [9.17, 15) is 9.59 Å². The van der Waals surface area contributed by atoms with Crippen LogP contribution >= 0.6 is 11.6 Å². The monoisotopic (exact) mass is 625 g/mol. The fraction of sp³-hybridized carbons (Fsp3) is 0.171. The molecule has 0 aliphatic heterocycles. The van der Waals surface area contributed by atoms with E-state index in [4.69, 9.17) is 35.6 Å². The predicted octanol–water partition coefficient (Wildman–Crippen LogP) is 7.68. The van der Waals surface area contributed by atoms with Gasteiger partial charge >= 0.3 is 5.97 Å². The van der Waals surface area contributed by atoms with E-state index in [-0.39, 0.29) is 11.8 Å². The van der Waals surface area contributed by atoms with Crippen LogP contribution in [0.1, 0.15) is 28.4 Å². The fourth-order valence-corrected chi connectivity index (χ4v) is 5.26. The Kier molecular flexibility index (Phi) is 9.11. The van der Waals surface area contributed by atoms with Crippen molar-refractivity contribution in [2.45, 2.75) is 20.8 Å². The molecule has 0 saturated carbocycles. The molecule has 5 aromatic rings. The summed E-state index contributed by atoms with van der Waals surface area (Å²) in [6, 6.07) is 23.4. The van der Waals surface area contributed by atoms with Crippen LogP contribution in [0.4, 0.5) is 5.69 Å². The molecule has 45 heavy (non-hydrogen) atoms. The third kappa shape index (κ3) is 6.49. The summed E-state index contributed by atoms with van der Waals surface area (Å²) in [7, 11) is 4.61. The first kappa shape index (κ1) is 31.2. The lowest BCUT2D eigenvalue weighted by atomic mass is 10.00. The zero-order chi connectivity index (χ0) is 32.2. The summed E-state index contributed by atoms with van der Waals surface area (Å²) in [6.07, 6.45) is 0. The highest BCUT2D eigenvalue weighted by molar-refractivity contribution is 6.31. The highest BCUT2D eigenvalue weighted by atomic mass is 35.5. The average Bonchev–Trinajstić information content (AvgIpc) is 3.38. The normalized spacial score (nSPS) is 10.7. The number of ether oxygens (including phenoxy) is 4. The first-order valence-corrected chi connectivity index (χ1v) is 14.4. The number of carbonyl (C=O) groups is 2. The highest BCUT2D eigenvalue weighted by Crippen LogP contribution is 2.46. The summed E-state index contributed by atoms with van der Waals surface area (Å²) < 4.78 is 24.3. The highest BCUT2D eigenvalue weighted by Gasteiger charge is 2.27. The number of halogens is 1. The Balaban J connectivity index is 1.70. The summed E-state index contributed by atoms with van der Waals surface area (Å²) in [5, 5.41) is 8.36. The number of methoxy groups -OCH3 is 3. The summed E-state index contributed by atoms with van der Waals surface area (Å²) in [5.74, 6) is 0.725. The van der Waals surface area contributed by atoms with Gasteiger partial charge in [0.05, 0.1) is 32.6 Å². The summed E-state index contributed by atoms with van der Waals surface area (Å²) >= 11 is 6.07. The molecule has 4 aromatic carbocycles. The third-order valence-corrected chi connectivity index (χ3v) is 7.36. The number of hydrogen-bond donors (Lipinski definition) is 1. The van der Waals surface area contributed by atoms with Crippen molar-refractivity contribution >= 4 is 29.2 Å². The molecule has 0 fully saturated rings. The first-order chi connectivity index (χ1) is 21.6. The van der Waals surface area contributed by atoms with Gasteiger partial charge in [-0.2, -0.15) is 9.78 Å². The molecule has 1 aromatic heterocycles. The number of aromatic nitrogens is 2. The number of rotatable bonds is 9. The molecule has 0 saturated heterocycles. The Morgan fingerprint density at radius 3 is 2.09 bits per heavy atom. The Bertz CT molecular complexity index is 1870. The van der Waals surface area contributed by atoms with Crippen molar-refractivity contribution in [3.8, 4) is 51.2 Å². The van der Waals surface area contributed by atoms with E-state index in [1.54, 1.807) is 53.2 Å². The number of anilines is 1. The number of hydrogen-bond acceptors (Lipinski definition) is 7. The van der Waals surface area contributed by atoms with Crippen LogP contribution in [0.5, 0.6) is 23.1 Å². The minimum absolute atomic E-state index is 0.230. The van der Waals surface area contributed by atoms with E-state index in [1.165, 1.54) is 28.3 Å². The molecule has 0 unspecified atom stereocenters. The van der Waals surface area contributed by atoms with Crippen molar-refractivity contribution in [2.75, 3.05) is 26.6 Å². The van der Waals surface area contributed by atoms with Crippen molar-refractivity contribution in [2.24, 2.45) is 0 Å². The van der Waals surface area contributed by atoms with E-state index in [1.807, 2.05) is 44.2 Å². The summed E-state index contributed by atoms with van der Waals surface area (Å²) in [6.45, 7) is 5.32. The van der Waals surface area contributed by atoms with Gasteiger partial charge in [-0.1, -0.05) is 47.5 Å². The van der Waals surface area contributed by atoms with Gasteiger partial charge in [-0.25, -0.2) is 0 Å². The quantitative estimate of drug-likeness (QED) is 0.168. The summed E-state index contributed by atoms with van der Waals surface area (Å²) in [5.41, 5.74) is 6.12. The van der Waals surface area contributed by atoms with Gasteiger partial charge in [0.2, 0.25) is 11.6 Å². The van der Waals surface area contributed by atoms with Gasteiger partial charge in [0.15, 0.2) is 11.5 Å². The fourth-order valence-electron chi connectivity index (χ4n) is 5.07. The topological polar surface area (TPSA) is 101 Å². The minimum atomic E-state index is -0.510. The number of amides is 1. The van der Waals surface area contributed by atoms with E-state index in [0.717, 1.165) is 16.8 Å². The Morgan fingerprint density at radius 2 is 1.51 bits per heavy atom. The molecule has 0 bridgehead atoms. The molecular weight excluding hydrogens is 594 g/mol. The number of benzene rings is 4. The lowest BCUT2D eigenvalue weighted by molar-refractivity contribution is -0.132. The molecule has 10 heteroatoms. The van der Waals surface area contributed by atoms with Gasteiger partial charge in [-0.05, 0) is 73.5 Å². The molecule has 0 atom stereocenters. The molecule has 1 N–H and O–H groups in total. The van der Waals surface area contributed by atoms with Crippen LogP contribution in [0.15, 0.2) is 78.9 Å². The Morgan fingerprint density at radius 1 is 0.822 bits per heavy atom. The largest absolute Gasteiger partial charge is 0.493 e. The second kappa shape index (κ2) is 13.2. The maximum Gasteiger partial charge on any atom is 0.309 e. The molecular formula is C35H32ClN3O6. The van der Waals surface area contributed by atoms with Crippen LogP contribution in [0.3, 0.4) is 0 Å². The molecule has 0 aliphatic rings. The maximum absolute atomic E-state index is 12.9. The zero-order valence-corrected chi connectivity index (χ0v) is 26.5. The molecule has 5 rings (SSSR count). The minimum Gasteiger partial charge on any atom is -0.493 e. The number of carbonyl (C=O) groups excluding carboxylic acids is 2. The van der Waals surface area contributed by atoms with Crippen molar-refractivity contribution in [3.05, 3.63) is 101 Å². The van der Waals surface area contributed by atoms with E-state index in [2.05, 4.69) is 5.32 Å². The SMILES string of the molecule is COc1cc(-c2nn(-c3ccc(C)cc3C)c(OC(C)=O)c2-c2ccc(NC(=O)c3cccc(Cl)c3)cc2)cc(OC)c1OC. The van der Waals surface area contributed by atoms with Gasteiger partial charge in [0, 0.05) is 28.8 Å². The van der Waals surface area contributed by atoms with Crippen molar-refractivity contribution in [1.82, 2.24) is 9.78 Å². The van der Waals surface area contributed by atoms with Crippen LogP contribution < -0.4 is 24.3 Å². The Hall–Kier alpha value is -5.28. The standard InChI is InChI=1S/C35H32ClN3O6/c1-20-10-15-28(21(2)16-20)39-35(45-22(3)40)31(32(38-39)25-18-29(42-4)33(44-6)30(19-25)43-5)23-11-13-27(14-12-23)37-34(41)24-8-7-9-26(36)17-24/h7-19H,1-6H3,(H,37,41). The maximum atomic E-state index is 12.9. The molecule has 0 aliphatic carbocycles. The zero-order valence-electron chi connectivity index (χ0n) is 25.7. The number of aryl methyl sites for hydroxylation is 2. The van der Waals surface area contributed by atoms with Crippen molar-refractivity contribution in [3.63, 3.8) is 0 Å². The third-order valence-electron chi connectivity index (χ3n) is 7.12. The van der Waals surface area contributed by atoms with Gasteiger partial charge in [-0.15, -0.1) is 0 Å². The molecule has 0 radical (unpaired) electrons. The van der Waals surface area contributed by atoms with E-state index in [0.29, 0.717) is 55.9 Å². The number of esters is 1. The lowest BCUT2D eigenvalue weighted by Gasteiger charge is -2.14. The van der Waals surface area contributed by atoms with Gasteiger partial charge in [0.25, 0.3) is 5.91 Å². The van der Waals surface area contributed by atoms with E-state index >= 15 is 0 Å². The Labute approximate surface area is 266 Å². The molecule has 9 nitrogen and oxygen atoms in total. The smallest absolute Gasteiger partial charge is 0.309 e. The first-order valence-electron chi connectivity index (χ1n) is 14.0. The van der Waals surface area contributed by atoms with E-state index < -0.39 is 5.97 Å². The molecule has 1 amide bonds. The van der Waals surface area contributed by atoms with Gasteiger partial charge < -0.3 is 24.3 Å². The molecule has 0 spiro atoms. The van der Waals surface area contributed by atoms with Crippen LogP contribution in [-0.2, 0) is 4.79 Å². The average molecular weight is 626 g/mol. The molecule has 230 valence electrons.